The van der Waals surface area contributed by atoms with Gasteiger partial charge in [0.05, 0.1) is 6.04 Å². The summed E-state index contributed by atoms with van der Waals surface area (Å²) in [5.41, 5.74) is 2.77. The predicted octanol–water partition coefficient (Wildman–Crippen LogP) is 4.22. The molecule has 1 atom stereocenters. The highest BCUT2D eigenvalue weighted by Crippen LogP contribution is 2.26. The topological polar surface area (TPSA) is 20.3 Å². The highest BCUT2D eigenvalue weighted by Gasteiger charge is 2.27. The molecular formula is C17H27NO. The van der Waals surface area contributed by atoms with Crippen molar-refractivity contribution in [3.8, 4) is 0 Å². The summed E-state index contributed by atoms with van der Waals surface area (Å²) in [7, 11) is 0. The normalized spacial score (nSPS) is 29.1. The van der Waals surface area contributed by atoms with Gasteiger partial charge in [-0.15, -0.1) is 0 Å². The van der Waals surface area contributed by atoms with Crippen LogP contribution in [0.3, 0.4) is 0 Å². The van der Waals surface area contributed by atoms with Gasteiger partial charge in [-0.1, -0.05) is 43.4 Å². The maximum atomic E-state index is 12.3. The Balaban J connectivity index is 1.99. The van der Waals surface area contributed by atoms with Gasteiger partial charge in [-0.2, -0.15) is 0 Å². The predicted molar refractivity (Wildman–Crippen MR) is 80.0 cm³/mol. The van der Waals surface area contributed by atoms with E-state index in [2.05, 4.69) is 24.8 Å². The fourth-order valence-corrected chi connectivity index (χ4v) is 3.23. The first kappa shape index (κ1) is 14.4. The number of rotatable bonds is 5. The Bertz CT molecular complexity index is 381. The molecule has 0 radical (unpaired) electrons. The third-order valence-corrected chi connectivity index (χ3v) is 4.24. The molecule has 106 valence electrons. The number of allylic oxidation sites excluding steroid dienone is 2. The number of carbonyl (C=O) groups is 1. The van der Waals surface area contributed by atoms with E-state index in [-0.39, 0.29) is 5.91 Å². The average molecular weight is 261 g/mol. The minimum absolute atomic E-state index is 0.247. The van der Waals surface area contributed by atoms with Gasteiger partial charge in [-0.25, -0.2) is 0 Å². The SMILES string of the molecule is CCCCCC/C1=C/C(=O)N2CCC[C@H]2/C=C(/C)C1. The van der Waals surface area contributed by atoms with Gasteiger partial charge in [-0.3, -0.25) is 4.79 Å². The molecule has 0 saturated carbocycles. The average Bonchev–Trinajstić information content (AvgIpc) is 2.80. The lowest BCUT2D eigenvalue weighted by Gasteiger charge is -2.24. The molecule has 0 aromatic rings. The third-order valence-electron chi connectivity index (χ3n) is 4.24. The molecule has 2 aliphatic heterocycles. The molecule has 0 spiro atoms. The van der Waals surface area contributed by atoms with Gasteiger partial charge in [0.25, 0.3) is 0 Å². The van der Waals surface area contributed by atoms with Crippen molar-refractivity contribution in [2.24, 2.45) is 0 Å². The van der Waals surface area contributed by atoms with Crippen LogP contribution in [0.25, 0.3) is 0 Å². The molecule has 1 fully saturated rings. The summed E-state index contributed by atoms with van der Waals surface area (Å²) in [5.74, 6) is 0.247. The Morgan fingerprint density at radius 2 is 2.16 bits per heavy atom. The largest absolute Gasteiger partial charge is 0.333 e. The lowest BCUT2D eigenvalue weighted by atomic mass is 9.96. The summed E-state index contributed by atoms with van der Waals surface area (Å²) in [6, 6.07) is 0.366. The van der Waals surface area contributed by atoms with E-state index in [0.29, 0.717) is 6.04 Å². The summed E-state index contributed by atoms with van der Waals surface area (Å²) in [4.78, 5) is 14.3. The second kappa shape index (κ2) is 6.93. The van der Waals surface area contributed by atoms with Crippen LogP contribution >= 0.6 is 0 Å². The van der Waals surface area contributed by atoms with Crippen LogP contribution in [-0.2, 0) is 4.79 Å². The smallest absolute Gasteiger partial charge is 0.247 e. The van der Waals surface area contributed by atoms with Crippen LogP contribution in [0.1, 0.15) is 65.2 Å². The van der Waals surface area contributed by atoms with Crippen LogP contribution in [0.4, 0.5) is 0 Å². The number of fused-ring (bicyclic) bond motifs is 1. The van der Waals surface area contributed by atoms with Gasteiger partial charge >= 0.3 is 0 Å². The first-order chi connectivity index (χ1) is 9.20. The Labute approximate surface area is 117 Å². The standard InChI is InChI=1S/C17H27NO/c1-3-4-5-6-8-15-11-14(2)12-16-9-7-10-18(16)17(19)13-15/h12-13,16H,3-11H2,1-2H3/b14-12-,15-13-/t16-/m0/s1. The number of nitrogens with zero attached hydrogens (tertiary/aromatic N) is 1. The maximum absolute atomic E-state index is 12.3. The van der Waals surface area contributed by atoms with Crippen molar-refractivity contribution in [1.82, 2.24) is 4.90 Å². The van der Waals surface area contributed by atoms with E-state index in [1.807, 2.05) is 6.08 Å². The number of carbonyl (C=O) groups excluding carboxylic acids is 1. The summed E-state index contributed by atoms with van der Waals surface area (Å²) >= 11 is 0. The number of hydrogen-bond acceptors (Lipinski definition) is 1. The van der Waals surface area contributed by atoms with Gasteiger partial charge < -0.3 is 4.90 Å². The second-order valence-corrected chi connectivity index (χ2v) is 6.04. The zero-order valence-electron chi connectivity index (χ0n) is 12.5. The molecule has 2 heterocycles. The Kier molecular flexibility index (Phi) is 5.24. The minimum atomic E-state index is 0.247. The van der Waals surface area contributed by atoms with Crippen molar-refractivity contribution >= 4 is 5.91 Å². The molecule has 2 nitrogen and oxygen atoms in total. The Morgan fingerprint density at radius 1 is 1.32 bits per heavy atom. The van der Waals surface area contributed by atoms with Gasteiger partial charge in [0.2, 0.25) is 5.91 Å². The van der Waals surface area contributed by atoms with Crippen LogP contribution in [0.2, 0.25) is 0 Å². The Hall–Kier alpha value is -1.05. The molecule has 0 N–H and O–H groups in total. The lowest BCUT2D eigenvalue weighted by molar-refractivity contribution is -0.126. The van der Waals surface area contributed by atoms with Gasteiger partial charge in [0.15, 0.2) is 0 Å². The second-order valence-electron chi connectivity index (χ2n) is 6.04. The van der Waals surface area contributed by atoms with Crippen LogP contribution in [0.5, 0.6) is 0 Å². The molecule has 2 aliphatic rings. The van der Waals surface area contributed by atoms with E-state index >= 15 is 0 Å². The monoisotopic (exact) mass is 261 g/mol. The number of hydrogen-bond donors (Lipinski definition) is 0. The molecule has 19 heavy (non-hydrogen) atoms. The van der Waals surface area contributed by atoms with E-state index in [9.17, 15) is 4.79 Å². The minimum Gasteiger partial charge on any atom is -0.333 e. The third kappa shape index (κ3) is 3.95. The van der Waals surface area contributed by atoms with Crippen LogP contribution < -0.4 is 0 Å². The highest BCUT2D eigenvalue weighted by molar-refractivity contribution is 5.89. The number of amides is 1. The highest BCUT2D eigenvalue weighted by atomic mass is 16.2. The fourth-order valence-electron chi connectivity index (χ4n) is 3.23. The van der Waals surface area contributed by atoms with Crippen molar-refractivity contribution in [2.75, 3.05) is 6.54 Å². The van der Waals surface area contributed by atoms with E-state index in [1.165, 1.54) is 36.8 Å². The summed E-state index contributed by atoms with van der Waals surface area (Å²) in [5, 5.41) is 0. The van der Waals surface area contributed by atoms with Crippen LogP contribution in [0, 0.1) is 0 Å². The molecule has 0 aliphatic carbocycles. The Morgan fingerprint density at radius 3 is 2.95 bits per heavy atom. The van der Waals surface area contributed by atoms with Crippen molar-refractivity contribution in [1.29, 1.82) is 0 Å². The maximum Gasteiger partial charge on any atom is 0.247 e. The quantitative estimate of drug-likeness (QED) is 0.536. The van der Waals surface area contributed by atoms with Gasteiger partial charge in [-0.05, 0) is 39.0 Å². The molecule has 2 rings (SSSR count). The van der Waals surface area contributed by atoms with E-state index < -0.39 is 0 Å². The molecule has 1 saturated heterocycles. The van der Waals surface area contributed by atoms with Crippen molar-refractivity contribution in [3.63, 3.8) is 0 Å². The van der Waals surface area contributed by atoms with E-state index in [4.69, 9.17) is 0 Å². The zero-order chi connectivity index (χ0) is 13.7. The van der Waals surface area contributed by atoms with Crippen molar-refractivity contribution < 1.29 is 4.79 Å². The molecule has 0 aromatic carbocycles. The lowest BCUT2D eigenvalue weighted by Crippen LogP contribution is -2.34. The van der Waals surface area contributed by atoms with Crippen molar-refractivity contribution in [2.45, 2.75) is 71.3 Å². The van der Waals surface area contributed by atoms with Crippen LogP contribution in [-0.4, -0.2) is 23.4 Å². The first-order valence-electron chi connectivity index (χ1n) is 7.88. The summed E-state index contributed by atoms with van der Waals surface area (Å²) < 4.78 is 0. The van der Waals surface area contributed by atoms with Crippen LogP contribution in [0.15, 0.2) is 23.3 Å². The first-order valence-corrected chi connectivity index (χ1v) is 7.88. The zero-order valence-corrected chi connectivity index (χ0v) is 12.5. The van der Waals surface area contributed by atoms with Crippen molar-refractivity contribution in [3.05, 3.63) is 23.3 Å². The summed E-state index contributed by atoms with van der Waals surface area (Å²) in [6.45, 7) is 5.39. The summed E-state index contributed by atoms with van der Waals surface area (Å²) in [6.07, 6.45) is 13.7. The molecular weight excluding hydrogens is 234 g/mol. The molecule has 0 aromatic heterocycles. The van der Waals surface area contributed by atoms with Gasteiger partial charge in [0.1, 0.15) is 0 Å². The molecule has 0 bridgehead atoms. The fraction of sp³-hybridized carbons (Fsp3) is 0.706. The molecule has 2 heteroatoms. The van der Waals surface area contributed by atoms with E-state index in [0.717, 1.165) is 32.2 Å². The number of unbranched alkanes of at least 4 members (excludes halogenated alkanes) is 3. The van der Waals surface area contributed by atoms with E-state index in [1.54, 1.807) is 0 Å². The molecule has 1 amide bonds. The van der Waals surface area contributed by atoms with Gasteiger partial charge in [0, 0.05) is 12.6 Å². The molecule has 0 unspecified atom stereocenters.